The monoisotopic (exact) mass is 321 g/mol. The van der Waals surface area contributed by atoms with E-state index in [2.05, 4.69) is 15.2 Å². The van der Waals surface area contributed by atoms with E-state index in [4.69, 9.17) is 0 Å². The summed E-state index contributed by atoms with van der Waals surface area (Å²) in [7, 11) is 0. The first-order valence-electron chi connectivity index (χ1n) is 7.31. The number of aromatic amines is 1. The van der Waals surface area contributed by atoms with E-state index in [9.17, 15) is 14.3 Å². The normalized spacial score (nSPS) is 11.2. The van der Waals surface area contributed by atoms with Crippen molar-refractivity contribution < 1.29 is 14.3 Å². The molecule has 0 aliphatic carbocycles. The van der Waals surface area contributed by atoms with E-state index in [-0.39, 0.29) is 11.4 Å². The quantitative estimate of drug-likeness (QED) is 0.586. The standard InChI is InChI=1S/C18H12FN3O2/c1-9-16(18(23)24)17(10-2-4-12(19)5-3-10)13-6-11-8-20-22-14(11)7-15(13)21-9/h2-8H,1H3,(H,20,22)(H,23,24). The molecular weight excluding hydrogens is 309 g/mol. The fraction of sp³-hybridized carbons (Fsp3) is 0.0556. The Labute approximate surface area is 135 Å². The lowest BCUT2D eigenvalue weighted by molar-refractivity contribution is 0.0696. The van der Waals surface area contributed by atoms with Crippen LogP contribution in [-0.4, -0.2) is 26.3 Å². The number of hydrogen-bond donors (Lipinski definition) is 2. The molecule has 0 atom stereocenters. The number of nitrogens with one attached hydrogen (secondary N) is 1. The Kier molecular flexibility index (Phi) is 3.06. The van der Waals surface area contributed by atoms with Gasteiger partial charge < -0.3 is 5.11 Å². The molecule has 0 fully saturated rings. The average Bonchev–Trinajstić information content (AvgIpc) is 2.99. The molecule has 0 saturated heterocycles. The lowest BCUT2D eigenvalue weighted by atomic mass is 9.93. The fourth-order valence-corrected chi connectivity index (χ4v) is 3.00. The molecule has 4 aromatic rings. The predicted molar refractivity (Wildman–Crippen MR) is 88.5 cm³/mol. The van der Waals surface area contributed by atoms with E-state index in [1.807, 2.05) is 12.1 Å². The molecule has 2 heterocycles. The van der Waals surface area contributed by atoms with Crippen LogP contribution in [0, 0.1) is 12.7 Å². The predicted octanol–water partition coefficient (Wildman–Crippen LogP) is 3.92. The van der Waals surface area contributed by atoms with E-state index < -0.39 is 5.97 Å². The first-order valence-corrected chi connectivity index (χ1v) is 7.31. The summed E-state index contributed by atoms with van der Waals surface area (Å²) in [5, 5.41) is 18.1. The molecule has 2 N–H and O–H groups in total. The first-order chi connectivity index (χ1) is 11.5. The zero-order valence-corrected chi connectivity index (χ0v) is 12.7. The van der Waals surface area contributed by atoms with Gasteiger partial charge in [0.05, 0.1) is 28.5 Å². The molecule has 0 aliphatic heterocycles. The SMILES string of the molecule is Cc1nc2cc3[nH]ncc3cc2c(-c2ccc(F)cc2)c1C(=O)O. The van der Waals surface area contributed by atoms with Gasteiger partial charge in [-0.3, -0.25) is 10.1 Å². The van der Waals surface area contributed by atoms with Crippen molar-refractivity contribution in [3.05, 3.63) is 59.7 Å². The summed E-state index contributed by atoms with van der Waals surface area (Å²) in [6.07, 6.45) is 1.67. The van der Waals surface area contributed by atoms with Crippen LogP contribution >= 0.6 is 0 Å². The van der Waals surface area contributed by atoms with Gasteiger partial charge in [-0.15, -0.1) is 0 Å². The van der Waals surface area contributed by atoms with Crippen molar-refractivity contribution in [2.45, 2.75) is 6.92 Å². The molecule has 5 nitrogen and oxygen atoms in total. The van der Waals surface area contributed by atoms with Crippen molar-refractivity contribution in [3.63, 3.8) is 0 Å². The third-order valence-electron chi connectivity index (χ3n) is 4.07. The molecule has 2 aromatic carbocycles. The van der Waals surface area contributed by atoms with E-state index in [1.165, 1.54) is 12.1 Å². The number of carboxylic acids is 1. The lowest BCUT2D eigenvalue weighted by Gasteiger charge is -2.13. The molecule has 0 bridgehead atoms. The fourth-order valence-electron chi connectivity index (χ4n) is 3.00. The minimum atomic E-state index is -1.06. The van der Waals surface area contributed by atoms with Crippen LogP contribution in [0.2, 0.25) is 0 Å². The van der Waals surface area contributed by atoms with Gasteiger partial charge in [0.2, 0.25) is 0 Å². The largest absolute Gasteiger partial charge is 0.478 e. The highest BCUT2D eigenvalue weighted by atomic mass is 19.1. The van der Waals surface area contributed by atoms with Gasteiger partial charge in [-0.2, -0.15) is 5.10 Å². The van der Waals surface area contributed by atoms with Crippen LogP contribution in [0.1, 0.15) is 16.1 Å². The summed E-state index contributed by atoms with van der Waals surface area (Å²) in [5.74, 6) is -1.43. The minimum absolute atomic E-state index is 0.122. The van der Waals surface area contributed by atoms with Crippen molar-refractivity contribution in [3.8, 4) is 11.1 Å². The number of hydrogen-bond acceptors (Lipinski definition) is 3. The number of benzene rings is 2. The van der Waals surface area contributed by atoms with Gasteiger partial charge >= 0.3 is 5.97 Å². The third-order valence-corrected chi connectivity index (χ3v) is 4.07. The molecule has 0 saturated carbocycles. The molecule has 4 rings (SSSR count). The summed E-state index contributed by atoms with van der Waals surface area (Å²) in [6, 6.07) is 9.48. The van der Waals surface area contributed by atoms with E-state index in [1.54, 1.807) is 25.3 Å². The maximum atomic E-state index is 13.3. The third kappa shape index (κ3) is 2.11. The van der Waals surface area contributed by atoms with Crippen LogP contribution in [0.15, 0.2) is 42.6 Å². The highest BCUT2D eigenvalue weighted by Gasteiger charge is 2.20. The van der Waals surface area contributed by atoms with Gasteiger partial charge in [0, 0.05) is 16.3 Å². The molecule has 118 valence electrons. The molecule has 0 spiro atoms. The number of aromatic nitrogens is 3. The number of aryl methyl sites for hydroxylation is 1. The minimum Gasteiger partial charge on any atom is -0.478 e. The Morgan fingerprint density at radius 2 is 1.96 bits per heavy atom. The summed E-state index contributed by atoms with van der Waals surface area (Å²) < 4.78 is 13.3. The van der Waals surface area contributed by atoms with Crippen molar-refractivity contribution >= 4 is 27.8 Å². The van der Waals surface area contributed by atoms with Crippen LogP contribution in [0.4, 0.5) is 4.39 Å². The van der Waals surface area contributed by atoms with Crippen LogP contribution in [0.5, 0.6) is 0 Å². The van der Waals surface area contributed by atoms with Crippen LogP contribution in [-0.2, 0) is 0 Å². The summed E-state index contributed by atoms with van der Waals surface area (Å²) in [6.45, 7) is 1.66. The second-order valence-electron chi connectivity index (χ2n) is 5.59. The lowest BCUT2D eigenvalue weighted by Crippen LogP contribution is -2.06. The number of fused-ring (bicyclic) bond motifs is 2. The number of halogens is 1. The number of rotatable bonds is 2. The summed E-state index contributed by atoms with van der Waals surface area (Å²) >= 11 is 0. The zero-order chi connectivity index (χ0) is 16.8. The Hall–Kier alpha value is -3.28. The Bertz CT molecular complexity index is 1100. The highest BCUT2D eigenvalue weighted by Crippen LogP contribution is 2.35. The number of nitrogens with zero attached hydrogens (tertiary/aromatic N) is 2. The van der Waals surface area contributed by atoms with Gasteiger partial charge in [-0.05, 0) is 36.8 Å². The van der Waals surface area contributed by atoms with Gasteiger partial charge in [-0.25, -0.2) is 9.18 Å². The maximum Gasteiger partial charge on any atom is 0.338 e. The molecule has 0 radical (unpaired) electrons. The van der Waals surface area contributed by atoms with Crippen molar-refractivity contribution in [2.75, 3.05) is 0 Å². The van der Waals surface area contributed by atoms with Crippen molar-refractivity contribution in [1.29, 1.82) is 0 Å². The number of H-pyrrole nitrogens is 1. The van der Waals surface area contributed by atoms with E-state index in [0.717, 1.165) is 10.9 Å². The van der Waals surface area contributed by atoms with Gasteiger partial charge in [0.1, 0.15) is 5.82 Å². The Morgan fingerprint density at radius 3 is 2.67 bits per heavy atom. The first kappa shape index (κ1) is 14.3. The molecule has 0 unspecified atom stereocenters. The number of carbonyl (C=O) groups is 1. The Morgan fingerprint density at radius 1 is 1.21 bits per heavy atom. The molecule has 0 aliphatic rings. The van der Waals surface area contributed by atoms with Gasteiger partial charge in [-0.1, -0.05) is 12.1 Å². The van der Waals surface area contributed by atoms with Gasteiger partial charge in [0.25, 0.3) is 0 Å². The Balaban J connectivity index is 2.18. The second kappa shape index (κ2) is 5.13. The smallest absolute Gasteiger partial charge is 0.338 e. The van der Waals surface area contributed by atoms with Gasteiger partial charge in [0.15, 0.2) is 0 Å². The average molecular weight is 321 g/mol. The van der Waals surface area contributed by atoms with E-state index >= 15 is 0 Å². The second-order valence-corrected chi connectivity index (χ2v) is 5.59. The van der Waals surface area contributed by atoms with Crippen LogP contribution in [0.25, 0.3) is 32.9 Å². The molecule has 24 heavy (non-hydrogen) atoms. The van der Waals surface area contributed by atoms with Crippen molar-refractivity contribution in [1.82, 2.24) is 15.2 Å². The van der Waals surface area contributed by atoms with Crippen LogP contribution < -0.4 is 0 Å². The van der Waals surface area contributed by atoms with Crippen LogP contribution in [0.3, 0.4) is 0 Å². The topological polar surface area (TPSA) is 78.9 Å². The maximum absolute atomic E-state index is 13.3. The number of pyridine rings is 1. The number of aromatic carboxylic acids is 1. The summed E-state index contributed by atoms with van der Waals surface area (Å²) in [4.78, 5) is 16.2. The highest BCUT2D eigenvalue weighted by molar-refractivity contribution is 6.10. The molecule has 6 heteroatoms. The van der Waals surface area contributed by atoms with E-state index in [0.29, 0.717) is 27.7 Å². The molecule has 0 amide bonds. The summed E-state index contributed by atoms with van der Waals surface area (Å²) in [5.41, 5.74) is 3.18. The molecular formula is C18H12FN3O2. The van der Waals surface area contributed by atoms with Crippen molar-refractivity contribution in [2.24, 2.45) is 0 Å². The zero-order valence-electron chi connectivity index (χ0n) is 12.7. The molecule has 2 aromatic heterocycles. The number of carboxylic acid groups (broad SMARTS) is 1.